The molecule has 130 valence electrons. The second-order valence-electron chi connectivity index (χ2n) is 6.40. The molecule has 0 saturated carbocycles. The van der Waals surface area contributed by atoms with Crippen molar-refractivity contribution in [2.24, 2.45) is 10.9 Å². The van der Waals surface area contributed by atoms with Crippen LogP contribution in [0.3, 0.4) is 0 Å². The average Bonchev–Trinajstić information content (AvgIpc) is 2.53. The fourth-order valence-corrected chi connectivity index (χ4v) is 2.39. The summed E-state index contributed by atoms with van der Waals surface area (Å²) in [5, 5.41) is 6.77. The van der Waals surface area contributed by atoms with Crippen molar-refractivity contribution >= 4 is 5.96 Å². The van der Waals surface area contributed by atoms with Crippen molar-refractivity contribution in [2.75, 3.05) is 34.8 Å². The van der Waals surface area contributed by atoms with E-state index in [1.165, 1.54) is 5.56 Å². The molecule has 0 heterocycles. The Kier molecular flexibility index (Phi) is 8.48. The molecule has 2 N–H and O–H groups in total. The summed E-state index contributed by atoms with van der Waals surface area (Å²) in [5.41, 5.74) is 1.19. The van der Waals surface area contributed by atoms with Gasteiger partial charge in [0.15, 0.2) is 5.96 Å². The smallest absolute Gasteiger partial charge is 0.191 e. The first-order valence-corrected chi connectivity index (χ1v) is 8.20. The first-order valence-electron chi connectivity index (χ1n) is 8.20. The molecule has 1 unspecified atom stereocenters. The maximum absolute atomic E-state index is 5.17. The molecule has 0 aromatic heterocycles. The molecule has 0 saturated heterocycles. The molecule has 0 spiro atoms. The molecule has 0 aliphatic heterocycles. The van der Waals surface area contributed by atoms with E-state index in [0.717, 1.165) is 31.2 Å². The number of rotatable bonds is 8. The van der Waals surface area contributed by atoms with Gasteiger partial charge in [0.1, 0.15) is 5.75 Å². The second-order valence-corrected chi connectivity index (χ2v) is 6.40. The van der Waals surface area contributed by atoms with E-state index in [9.17, 15) is 0 Å². The summed E-state index contributed by atoms with van der Waals surface area (Å²) in [6.07, 6.45) is 1.16. The zero-order valence-corrected chi connectivity index (χ0v) is 15.4. The SMILES string of the molecule is CN=C(NCc1ccc(OC)cc1)NCC(CC(C)C)N(C)C. The monoisotopic (exact) mass is 320 g/mol. The summed E-state index contributed by atoms with van der Waals surface area (Å²) in [6.45, 7) is 6.13. The molecular weight excluding hydrogens is 288 g/mol. The summed E-state index contributed by atoms with van der Waals surface area (Å²) in [5.74, 6) is 2.38. The normalized spacial score (nSPS) is 13.3. The van der Waals surface area contributed by atoms with Crippen molar-refractivity contribution in [1.82, 2.24) is 15.5 Å². The number of guanidine groups is 1. The number of ether oxygens (including phenoxy) is 1. The number of hydrogen-bond donors (Lipinski definition) is 2. The Morgan fingerprint density at radius 2 is 1.83 bits per heavy atom. The van der Waals surface area contributed by atoms with Crippen molar-refractivity contribution in [3.05, 3.63) is 29.8 Å². The lowest BCUT2D eigenvalue weighted by Gasteiger charge is -2.27. The molecule has 23 heavy (non-hydrogen) atoms. The molecule has 0 amide bonds. The first kappa shape index (κ1) is 19.3. The topological polar surface area (TPSA) is 48.9 Å². The molecule has 1 aromatic rings. The van der Waals surface area contributed by atoms with Crippen LogP contribution in [0, 0.1) is 5.92 Å². The average molecular weight is 320 g/mol. The number of hydrogen-bond acceptors (Lipinski definition) is 3. The number of nitrogens with zero attached hydrogens (tertiary/aromatic N) is 2. The van der Waals surface area contributed by atoms with Crippen molar-refractivity contribution in [2.45, 2.75) is 32.9 Å². The summed E-state index contributed by atoms with van der Waals surface area (Å²) < 4.78 is 5.17. The van der Waals surface area contributed by atoms with Crippen molar-refractivity contribution in [3.8, 4) is 5.75 Å². The van der Waals surface area contributed by atoms with Crippen LogP contribution in [0.15, 0.2) is 29.3 Å². The van der Waals surface area contributed by atoms with Gasteiger partial charge in [-0.2, -0.15) is 0 Å². The summed E-state index contributed by atoms with van der Waals surface area (Å²) in [6, 6.07) is 8.55. The van der Waals surface area contributed by atoms with Crippen molar-refractivity contribution in [1.29, 1.82) is 0 Å². The lowest BCUT2D eigenvalue weighted by Crippen LogP contribution is -2.45. The van der Waals surface area contributed by atoms with Gasteiger partial charge in [-0.25, -0.2) is 0 Å². The number of benzene rings is 1. The molecule has 0 radical (unpaired) electrons. The predicted octanol–water partition coefficient (Wildman–Crippen LogP) is 2.34. The van der Waals surface area contributed by atoms with Crippen LogP contribution in [0.2, 0.25) is 0 Å². The molecule has 1 atom stereocenters. The number of methoxy groups -OCH3 is 1. The lowest BCUT2D eigenvalue weighted by molar-refractivity contribution is 0.254. The minimum atomic E-state index is 0.495. The maximum Gasteiger partial charge on any atom is 0.191 e. The van der Waals surface area contributed by atoms with Gasteiger partial charge in [0.25, 0.3) is 0 Å². The van der Waals surface area contributed by atoms with Gasteiger partial charge in [0.2, 0.25) is 0 Å². The summed E-state index contributed by atoms with van der Waals surface area (Å²) >= 11 is 0. The van der Waals surface area contributed by atoms with Crippen LogP contribution in [0.1, 0.15) is 25.8 Å². The third kappa shape index (κ3) is 7.37. The molecule has 0 aliphatic rings. The van der Waals surface area contributed by atoms with Gasteiger partial charge in [-0.3, -0.25) is 4.99 Å². The molecule has 5 nitrogen and oxygen atoms in total. The van der Waals surface area contributed by atoms with Gasteiger partial charge in [0.05, 0.1) is 7.11 Å². The second kappa shape index (κ2) is 10.1. The minimum Gasteiger partial charge on any atom is -0.497 e. The summed E-state index contributed by atoms with van der Waals surface area (Å²) in [4.78, 5) is 6.57. The fourth-order valence-electron chi connectivity index (χ4n) is 2.39. The Hall–Kier alpha value is -1.75. The third-order valence-electron chi connectivity index (χ3n) is 3.82. The van der Waals surface area contributed by atoms with E-state index >= 15 is 0 Å². The molecule has 5 heteroatoms. The quantitative estimate of drug-likeness (QED) is 0.570. The van der Waals surface area contributed by atoms with Gasteiger partial charge in [-0.05, 0) is 44.1 Å². The Labute approximate surface area is 141 Å². The van der Waals surface area contributed by atoms with Gasteiger partial charge < -0.3 is 20.3 Å². The predicted molar refractivity (Wildman–Crippen MR) is 98.1 cm³/mol. The van der Waals surface area contributed by atoms with E-state index in [1.807, 2.05) is 12.1 Å². The minimum absolute atomic E-state index is 0.495. The van der Waals surface area contributed by atoms with Gasteiger partial charge in [-0.15, -0.1) is 0 Å². The van der Waals surface area contributed by atoms with Crippen LogP contribution in [-0.2, 0) is 6.54 Å². The standard InChI is InChI=1S/C18H32N4O/c1-14(2)11-16(22(4)5)13-21-18(19-3)20-12-15-7-9-17(23-6)10-8-15/h7-10,14,16H,11-13H2,1-6H3,(H2,19,20,21). The third-order valence-corrected chi connectivity index (χ3v) is 3.82. The zero-order chi connectivity index (χ0) is 17.2. The van der Waals surface area contributed by atoms with E-state index in [0.29, 0.717) is 12.0 Å². The Morgan fingerprint density at radius 3 is 2.30 bits per heavy atom. The van der Waals surface area contributed by atoms with E-state index in [2.05, 4.69) is 60.6 Å². The van der Waals surface area contributed by atoms with Crippen LogP contribution in [-0.4, -0.2) is 51.7 Å². The lowest BCUT2D eigenvalue weighted by atomic mass is 10.0. The van der Waals surface area contributed by atoms with E-state index in [1.54, 1.807) is 14.2 Å². The first-order chi connectivity index (χ1) is 11.0. The highest BCUT2D eigenvalue weighted by Crippen LogP contribution is 2.11. The van der Waals surface area contributed by atoms with Crippen LogP contribution in [0.5, 0.6) is 5.75 Å². The summed E-state index contributed by atoms with van der Waals surface area (Å²) in [7, 11) is 7.73. The Morgan fingerprint density at radius 1 is 1.17 bits per heavy atom. The number of likely N-dealkylation sites (N-methyl/N-ethyl adjacent to an activating group) is 1. The largest absolute Gasteiger partial charge is 0.497 e. The van der Waals surface area contributed by atoms with Crippen LogP contribution < -0.4 is 15.4 Å². The maximum atomic E-state index is 5.17. The number of aliphatic imine (C=N–C) groups is 1. The van der Waals surface area contributed by atoms with E-state index in [4.69, 9.17) is 4.74 Å². The Balaban J connectivity index is 2.47. The molecule has 1 rings (SSSR count). The van der Waals surface area contributed by atoms with E-state index < -0.39 is 0 Å². The highest BCUT2D eigenvalue weighted by atomic mass is 16.5. The van der Waals surface area contributed by atoms with Gasteiger partial charge in [0, 0.05) is 26.2 Å². The molecule has 0 aliphatic carbocycles. The van der Waals surface area contributed by atoms with Gasteiger partial charge >= 0.3 is 0 Å². The molecular formula is C18H32N4O. The molecule has 0 bridgehead atoms. The van der Waals surface area contributed by atoms with Crippen molar-refractivity contribution < 1.29 is 4.74 Å². The highest BCUT2D eigenvalue weighted by Gasteiger charge is 2.13. The van der Waals surface area contributed by atoms with Crippen LogP contribution in [0.25, 0.3) is 0 Å². The van der Waals surface area contributed by atoms with E-state index in [-0.39, 0.29) is 0 Å². The van der Waals surface area contributed by atoms with Gasteiger partial charge in [-0.1, -0.05) is 26.0 Å². The molecule has 0 fully saturated rings. The van der Waals surface area contributed by atoms with Crippen LogP contribution in [0.4, 0.5) is 0 Å². The fraction of sp³-hybridized carbons (Fsp3) is 0.611. The van der Waals surface area contributed by atoms with Crippen LogP contribution >= 0.6 is 0 Å². The van der Waals surface area contributed by atoms with Crippen molar-refractivity contribution in [3.63, 3.8) is 0 Å². The highest BCUT2D eigenvalue weighted by molar-refractivity contribution is 5.79. The zero-order valence-electron chi connectivity index (χ0n) is 15.4. The Bertz CT molecular complexity index is 468. The molecule has 1 aromatic carbocycles. The number of nitrogens with one attached hydrogen (secondary N) is 2.